The minimum Gasteiger partial charge on any atom is -0.398 e. The van der Waals surface area contributed by atoms with Gasteiger partial charge in [0.05, 0.1) is 4.90 Å². The van der Waals surface area contributed by atoms with E-state index in [9.17, 15) is 8.42 Å². The molecule has 0 saturated heterocycles. The number of benzene rings is 1. The Hall–Kier alpha value is -1.65. The number of anilines is 1. The van der Waals surface area contributed by atoms with Crippen LogP contribution in [0.3, 0.4) is 0 Å². The Labute approximate surface area is 114 Å². The first kappa shape index (κ1) is 13.8. The van der Waals surface area contributed by atoms with E-state index in [1.54, 1.807) is 7.05 Å². The molecule has 0 atom stereocenters. The van der Waals surface area contributed by atoms with Crippen LogP contribution in [0.1, 0.15) is 0 Å². The molecule has 1 heterocycles. The topological polar surface area (TPSA) is 116 Å². The van der Waals surface area contributed by atoms with Crippen molar-refractivity contribution in [3.05, 3.63) is 18.2 Å². The third-order valence-electron chi connectivity index (χ3n) is 2.35. The second kappa shape index (κ2) is 5.15. The molecule has 0 saturated carbocycles. The lowest BCUT2D eigenvalue weighted by molar-refractivity contribution is 0.588. The minimum absolute atomic E-state index is 0.141. The van der Waals surface area contributed by atoms with E-state index in [0.29, 0.717) is 15.7 Å². The summed E-state index contributed by atoms with van der Waals surface area (Å²) in [5.41, 5.74) is 6.29. The molecule has 3 N–H and O–H groups in total. The lowest BCUT2D eigenvalue weighted by Gasteiger charge is -2.07. The van der Waals surface area contributed by atoms with Gasteiger partial charge < -0.3 is 5.73 Å². The Morgan fingerprint density at radius 3 is 2.74 bits per heavy atom. The summed E-state index contributed by atoms with van der Waals surface area (Å²) in [5.74, 6) is 0. The Morgan fingerprint density at radius 2 is 2.16 bits per heavy atom. The fourth-order valence-corrected chi connectivity index (χ4v) is 2.94. The third-order valence-corrected chi connectivity index (χ3v) is 4.86. The van der Waals surface area contributed by atoms with Gasteiger partial charge in [0.25, 0.3) is 0 Å². The largest absolute Gasteiger partial charge is 0.398 e. The number of nitrogens with one attached hydrogen (secondary N) is 1. The molecule has 0 bridgehead atoms. The molecule has 0 radical (unpaired) electrons. The zero-order chi connectivity index (χ0) is 14.0. The van der Waals surface area contributed by atoms with Crippen molar-refractivity contribution < 1.29 is 8.42 Å². The molecule has 0 aliphatic carbocycles. The van der Waals surface area contributed by atoms with Gasteiger partial charge in [-0.3, -0.25) is 0 Å². The first-order valence-corrected chi connectivity index (χ1v) is 7.47. The van der Waals surface area contributed by atoms with Crippen LogP contribution in [0.15, 0.2) is 33.1 Å². The average molecular weight is 300 g/mol. The van der Waals surface area contributed by atoms with Crippen LogP contribution in [0.5, 0.6) is 0 Å². The molecule has 0 aliphatic rings. The van der Waals surface area contributed by atoms with E-state index in [-0.39, 0.29) is 4.90 Å². The number of nitrogens with zero attached hydrogens (tertiary/aromatic N) is 4. The van der Waals surface area contributed by atoms with E-state index in [0.717, 1.165) is 0 Å². The van der Waals surface area contributed by atoms with Crippen molar-refractivity contribution in [1.29, 1.82) is 0 Å². The minimum atomic E-state index is -3.50. The normalized spacial score (nSPS) is 11.7. The quantitative estimate of drug-likeness (QED) is 0.754. The number of hydrogen-bond acceptors (Lipinski definition) is 7. The van der Waals surface area contributed by atoms with Gasteiger partial charge in [-0.15, -0.1) is 5.10 Å². The van der Waals surface area contributed by atoms with Crippen molar-refractivity contribution in [3.8, 4) is 0 Å². The Balaban J connectivity index is 2.41. The monoisotopic (exact) mass is 300 g/mol. The van der Waals surface area contributed by atoms with Gasteiger partial charge in [-0.1, -0.05) is 0 Å². The number of nitrogen functional groups attached to an aromatic ring is 1. The third kappa shape index (κ3) is 2.85. The summed E-state index contributed by atoms with van der Waals surface area (Å²) in [6, 6.07) is 4.47. The Kier molecular flexibility index (Phi) is 3.73. The number of sulfonamides is 1. The maximum Gasteiger partial charge on any atom is 0.240 e. The van der Waals surface area contributed by atoms with E-state index < -0.39 is 10.0 Å². The second-order valence-corrected chi connectivity index (χ2v) is 6.49. The summed E-state index contributed by atoms with van der Waals surface area (Å²) in [6.07, 6.45) is 0. The van der Waals surface area contributed by atoms with Crippen LogP contribution in [-0.4, -0.2) is 35.7 Å². The molecule has 2 aromatic rings. The van der Waals surface area contributed by atoms with Gasteiger partial charge in [0, 0.05) is 17.6 Å². The standard InChI is InChI=1S/C9H12N6O2S2/c1-11-19(16,17)6-3-4-7(10)8(5-6)18-9-12-13-14-15(9)2/h3-5,11H,10H2,1-2H3. The van der Waals surface area contributed by atoms with Crippen molar-refractivity contribution in [3.63, 3.8) is 0 Å². The molecule has 8 nitrogen and oxygen atoms in total. The molecular weight excluding hydrogens is 288 g/mol. The molecular formula is C9H12N6O2S2. The lowest BCUT2D eigenvalue weighted by Crippen LogP contribution is -2.18. The molecule has 2 rings (SSSR count). The predicted octanol–water partition coefficient (Wildman–Crippen LogP) is -0.148. The van der Waals surface area contributed by atoms with Crippen LogP contribution in [0, 0.1) is 0 Å². The molecule has 0 spiro atoms. The molecule has 19 heavy (non-hydrogen) atoms. The van der Waals surface area contributed by atoms with Gasteiger partial charge in [-0.25, -0.2) is 17.8 Å². The van der Waals surface area contributed by atoms with E-state index in [1.807, 2.05) is 0 Å². The summed E-state index contributed by atoms with van der Waals surface area (Å²) < 4.78 is 27.2. The first-order valence-electron chi connectivity index (χ1n) is 5.17. The van der Waals surface area contributed by atoms with Gasteiger partial charge in [0.15, 0.2) is 0 Å². The number of aryl methyl sites for hydroxylation is 1. The molecule has 0 amide bonds. The van der Waals surface area contributed by atoms with Crippen LogP contribution >= 0.6 is 11.8 Å². The summed E-state index contributed by atoms with van der Waals surface area (Å²) in [5, 5.41) is 11.5. The highest BCUT2D eigenvalue weighted by Crippen LogP contribution is 2.31. The van der Waals surface area contributed by atoms with Crippen molar-refractivity contribution in [2.75, 3.05) is 12.8 Å². The fourth-order valence-electron chi connectivity index (χ4n) is 1.29. The maximum absolute atomic E-state index is 11.7. The molecule has 1 aromatic heterocycles. The van der Waals surface area contributed by atoms with E-state index in [1.165, 1.54) is 41.7 Å². The number of rotatable bonds is 4. The maximum atomic E-state index is 11.7. The van der Waals surface area contributed by atoms with E-state index >= 15 is 0 Å². The van der Waals surface area contributed by atoms with E-state index in [2.05, 4.69) is 20.2 Å². The number of tetrazole rings is 1. The Bertz CT molecular complexity index is 696. The summed E-state index contributed by atoms with van der Waals surface area (Å²) >= 11 is 1.20. The first-order chi connectivity index (χ1) is 8.94. The van der Waals surface area contributed by atoms with Crippen molar-refractivity contribution >= 4 is 27.5 Å². The summed E-state index contributed by atoms with van der Waals surface area (Å²) in [7, 11) is -0.464. The van der Waals surface area contributed by atoms with Gasteiger partial charge >= 0.3 is 0 Å². The smallest absolute Gasteiger partial charge is 0.240 e. The molecule has 1 aromatic carbocycles. The van der Waals surface area contributed by atoms with Crippen molar-refractivity contribution in [2.45, 2.75) is 14.9 Å². The van der Waals surface area contributed by atoms with Crippen molar-refractivity contribution in [1.82, 2.24) is 24.9 Å². The highest BCUT2D eigenvalue weighted by Gasteiger charge is 2.15. The molecule has 0 fully saturated rings. The van der Waals surface area contributed by atoms with Crippen molar-refractivity contribution in [2.24, 2.45) is 7.05 Å². The zero-order valence-corrected chi connectivity index (χ0v) is 11.9. The fraction of sp³-hybridized carbons (Fsp3) is 0.222. The Morgan fingerprint density at radius 1 is 1.42 bits per heavy atom. The lowest BCUT2D eigenvalue weighted by atomic mass is 10.3. The summed E-state index contributed by atoms with van der Waals surface area (Å²) in [4.78, 5) is 0.719. The predicted molar refractivity (Wildman–Crippen MR) is 70.0 cm³/mol. The van der Waals surface area contributed by atoms with E-state index in [4.69, 9.17) is 5.73 Å². The van der Waals surface area contributed by atoms with Crippen LogP contribution < -0.4 is 10.5 Å². The van der Waals surface area contributed by atoms with Gasteiger partial charge in [0.1, 0.15) is 0 Å². The van der Waals surface area contributed by atoms with Crippen LogP contribution in [0.25, 0.3) is 0 Å². The number of nitrogens with two attached hydrogens (primary N) is 1. The van der Waals surface area contributed by atoms with Gasteiger partial charge in [-0.05, 0) is 47.4 Å². The molecule has 10 heteroatoms. The molecule has 102 valence electrons. The highest BCUT2D eigenvalue weighted by atomic mass is 32.2. The molecule has 0 unspecified atom stereocenters. The molecule has 0 aliphatic heterocycles. The average Bonchev–Trinajstić information content (AvgIpc) is 2.77. The van der Waals surface area contributed by atoms with Gasteiger partial charge in [0.2, 0.25) is 15.2 Å². The number of aromatic nitrogens is 4. The van der Waals surface area contributed by atoms with Crippen LogP contribution in [-0.2, 0) is 17.1 Å². The van der Waals surface area contributed by atoms with Crippen LogP contribution in [0.2, 0.25) is 0 Å². The zero-order valence-electron chi connectivity index (χ0n) is 10.2. The second-order valence-electron chi connectivity index (χ2n) is 3.59. The van der Waals surface area contributed by atoms with Gasteiger partial charge in [-0.2, -0.15) is 0 Å². The highest BCUT2D eigenvalue weighted by molar-refractivity contribution is 7.99. The number of hydrogen-bond donors (Lipinski definition) is 2. The SMILES string of the molecule is CNS(=O)(=O)c1ccc(N)c(Sc2nnnn2C)c1. The van der Waals surface area contributed by atoms with Crippen LogP contribution in [0.4, 0.5) is 5.69 Å². The summed E-state index contributed by atoms with van der Waals surface area (Å²) in [6.45, 7) is 0.